The van der Waals surface area contributed by atoms with Crippen molar-refractivity contribution in [1.82, 2.24) is 4.98 Å². The Morgan fingerprint density at radius 2 is 1.00 bits per heavy atom. The van der Waals surface area contributed by atoms with E-state index in [1.807, 2.05) is 74.4 Å². The zero-order chi connectivity index (χ0) is 20.9. The van der Waals surface area contributed by atoms with Crippen LogP contribution in [0.2, 0.25) is 0 Å². The summed E-state index contributed by atoms with van der Waals surface area (Å²) in [5, 5.41) is 0.278. The van der Waals surface area contributed by atoms with Gasteiger partial charge in [0, 0.05) is 10.7 Å². The van der Waals surface area contributed by atoms with Gasteiger partial charge in [-0.3, -0.25) is 4.98 Å². The van der Waals surface area contributed by atoms with Crippen LogP contribution < -0.4 is 10.2 Å². The number of halogens is 2. The van der Waals surface area contributed by atoms with Gasteiger partial charge in [-0.2, -0.15) is 0 Å². The maximum absolute atomic E-state index is 15.7. The summed E-state index contributed by atoms with van der Waals surface area (Å²) in [6, 6.07) is 4.05. The van der Waals surface area contributed by atoms with Gasteiger partial charge in [-0.1, -0.05) is 74.4 Å². The Morgan fingerprint density at radius 1 is 0.654 bits per heavy atom. The third-order valence-electron chi connectivity index (χ3n) is 4.47. The lowest BCUT2D eigenvalue weighted by atomic mass is 9.75. The fourth-order valence-corrected chi connectivity index (χ4v) is 5.77. The Morgan fingerprint density at radius 3 is 1.23 bits per heavy atom. The lowest BCUT2D eigenvalue weighted by molar-refractivity contribution is 0.446. The number of benzene rings is 1. The van der Waals surface area contributed by atoms with Crippen molar-refractivity contribution in [3.05, 3.63) is 28.8 Å². The molecule has 0 bridgehead atoms. The van der Waals surface area contributed by atoms with Crippen LogP contribution in [-0.4, -0.2) is 14.4 Å². The molecule has 1 N–H and O–H groups in total. The maximum atomic E-state index is 15.7. The van der Waals surface area contributed by atoms with Gasteiger partial charge in [-0.25, -0.2) is 8.22 Å². The zero-order valence-electron chi connectivity index (χ0n) is 18.9. The molecule has 0 unspecified atom stereocenters. The van der Waals surface area contributed by atoms with Crippen LogP contribution in [0.1, 0.15) is 99.8 Å². The van der Waals surface area contributed by atoms with Crippen molar-refractivity contribution in [3.8, 4) is 0 Å². The molecule has 0 amide bonds. The Hall–Kier alpha value is -0.743. The Labute approximate surface area is 161 Å². The SMILES string of the molecule is CC(C)(C)N[Si](F)(F)c1c(C(C)(C)C)cc(C(C)(C)C)cc1C(C)(C)C. The van der Waals surface area contributed by atoms with Gasteiger partial charge in [0.2, 0.25) is 0 Å². The molecule has 0 heterocycles. The van der Waals surface area contributed by atoms with Crippen LogP contribution >= 0.6 is 0 Å². The van der Waals surface area contributed by atoms with Gasteiger partial charge in [0.25, 0.3) is 0 Å². The van der Waals surface area contributed by atoms with Gasteiger partial charge in [-0.05, 0) is 53.7 Å². The highest BCUT2D eigenvalue weighted by atomic mass is 28.4. The normalized spacial score (nSPS) is 14.7. The van der Waals surface area contributed by atoms with E-state index in [4.69, 9.17) is 0 Å². The molecule has 0 radical (unpaired) electrons. The molecule has 1 nitrogen and oxygen atoms in total. The number of rotatable bonds is 2. The van der Waals surface area contributed by atoms with E-state index < -0.39 is 14.4 Å². The molecule has 1 aromatic rings. The van der Waals surface area contributed by atoms with Crippen molar-refractivity contribution in [2.24, 2.45) is 0 Å². The molecular formula is C22H39F2NSi. The van der Waals surface area contributed by atoms with Crippen molar-refractivity contribution in [2.75, 3.05) is 0 Å². The summed E-state index contributed by atoms with van der Waals surface area (Å²) in [6.45, 7) is 24.1. The highest BCUT2D eigenvalue weighted by Gasteiger charge is 2.48. The van der Waals surface area contributed by atoms with E-state index in [1.54, 1.807) is 0 Å². The number of hydrogen-bond acceptors (Lipinski definition) is 1. The first-order valence-corrected chi connectivity index (χ1v) is 11.3. The van der Waals surface area contributed by atoms with Gasteiger partial charge < -0.3 is 0 Å². The molecule has 0 aliphatic carbocycles. The first-order valence-electron chi connectivity index (χ1n) is 9.53. The van der Waals surface area contributed by atoms with E-state index in [-0.39, 0.29) is 21.4 Å². The quantitative estimate of drug-likeness (QED) is 0.484. The van der Waals surface area contributed by atoms with Crippen LogP contribution in [0, 0.1) is 0 Å². The topological polar surface area (TPSA) is 12.0 Å². The van der Waals surface area contributed by atoms with Crippen molar-refractivity contribution in [1.29, 1.82) is 0 Å². The maximum Gasteiger partial charge on any atom is 0.538 e. The molecule has 0 saturated carbocycles. The van der Waals surface area contributed by atoms with E-state index in [2.05, 4.69) is 25.8 Å². The minimum Gasteiger partial charge on any atom is -0.279 e. The van der Waals surface area contributed by atoms with E-state index in [0.717, 1.165) is 16.7 Å². The van der Waals surface area contributed by atoms with Crippen LogP contribution in [0.25, 0.3) is 0 Å². The minimum atomic E-state index is -4.86. The van der Waals surface area contributed by atoms with Gasteiger partial charge >= 0.3 is 8.90 Å². The molecule has 1 aromatic carbocycles. The minimum absolute atomic E-state index is 0.0904. The third-order valence-corrected chi connectivity index (χ3v) is 6.70. The second-order valence-corrected chi connectivity index (χ2v) is 13.5. The van der Waals surface area contributed by atoms with Crippen molar-refractivity contribution < 1.29 is 8.22 Å². The predicted octanol–water partition coefficient (Wildman–Crippen LogP) is 6.05. The Kier molecular flexibility index (Phi) is 6.00. The van der Waals surface area contributed by atoms with Crippen LogP contribution in [0.4, 0.5) is 8.22 Å². The first-order chi connectivity index (χ1) is 11.2. The third kappa shape index (κ3) is 5.62. The molecule has 26 heavy (non-hydrogen) atoms. The molecule has 0 spiro atoms. The molecule has 0 aliphatic rings. The summed E-state index contributed by atoms with van der Waals surface area (Å²) in [4.78, 5) is 2.70. The second-order valence-electron chi connectivity index (χ2n) is 11.6. The van der Waals surface area contributed by atoms with Crippen molar-refractivity contribution in [2.45, 2.75) is 105 Å². The standard InChI is InChI=1S/C22H39F2NSi/c1-19(2,3)15-13-16(20(4,5)6)18(17(14-15)21(7,8)9)26(23,24)25-22(10,11)12/h13-14,25H,1-12H3. The summed E-state index contributed by atoms with van der Waals surface area (Å²) in [5.41, 5.74) is 1.25. The molecule has 0 fully saturated rings. The molecule has 4 heteroatoms. The van der Waals surface area contributed by atoms with Gasteiger partial charge in [-0.15, -0.1) is 0 Å². The first kappa shape index (κ1) is 23.3. The molecule has 0 atom stereocenters. The van der Waals surface area contributed by atoms with Crippen LogP contribution in [0.15, 0.2) is 12.1 Å². The van der Waals surface area contributed by atoms with Gasteiger partial charge in [0.05, 0.1) is 0 Å². The molecule has 0 aliphatic heterocycles. The molecule has 0 aromatic heterocycles. The lowest BCUT2D eigenvalue weighted by Gasteiger charge is -2.37. The smallest absolute Gasteiger partial charge is 0.279 e. The highest BCUT2D eigenvalue weighted by molar-refractivity contribution is 6.78. The molecule has 150 valence electrons. The van der Waals surface area contributed by atoms with Crippen LogP contribution in [0.5, 0.6) is 0 Å². The second kappa shape index (κ2) is 6.70. The number of nitrogens with one attached hydrogen (secondary N) is 1. The average Bonchev–Trinajstić information content (AvgIpc) is 2.30. The monoisotopic (exact) mass is 383 g/mol. The largest absolute Gasteiger partial charge is 0.538 e. The summed E-state index contributed by atoms with van der Waals surface area (Å²) in [6.07, 6.45) is 0. The molecule has 0 saturated heterocycles. The van der Waals surface area contributed by atoms with Gasteiger partial charge in [0.1, 0.15) is 0 Å². The van der Waals surface area contributed by atoms with Crippen LogP contribution in [-0.2, 0) is 16.2 Å². The summed E-state index contributed by atoms with van der Waals surface area (Å²) in [7, 11) is -4.86. The van der Waals surface area contributed by atoms with E-state index in [9.17, 15) is 0 Å². The lowest BCUT2D eigenvalue weighted by Crippen LogP contribution is -2.63. The summed E-state index contributed by atoms with van der Waals surface area (Å²) < 4.78 is 31.4. The zero-order valence-corrected chi connectivity index (χ0v) is 19.9. The predicted molar refractivity (Wildman–Crippen MR) is 113 cm³/mol. The fourth-order valence-electron chi connectivity index (χ4n) is 3.13. The van der Waals surface area contributed by atoms with Crippen molar-refractivity contribution >= 4 is 14.1 Å². The van der Waals surface area contributed by atoms with Crippen molar-refractivity contribution in [3.63, 3.8) is 0 Å². The fraction of sp³-hybridized carbons (Fsp3) is 0.727. The summed E-state index contributed by atoms with van der Waals surface area (Å²) >= 11 is 0. The summed E-state index contributed by atoms with van der Waals surface area (Å²) in [5.74, 6) is 0. The van der Waals surface area contributed by atoms with E-state index in [0.29, 0.717) is 0 Å². The van der Waals surface area contributed by atoms with Crippen LogP contribution in [0.3, 0.4) is 0 Å². The van der Waals surface area contributed by atoms with E-state index >= 15 is 8.22 Å². The average molecular weight is 384 g/mol. The van der Waals surface area contributed by atoms with E-state index in [1.165, 1.54) is 0 Å². The Balaban J connectivity index is 3.98. The molecular weight excluding hydrogens is 344 g/mol. The Bertz CT molecular complexity index is 616. The highest BCUT2D eigenvalue weighted by Crippen LogP contribution is 2.35. The molecule has 1 rings (SSSR count). The van der Waals surface area contributed by atoms with Gasteiger partial charge in [0.15, 0.2) is 0 Å². The number of hydrogen-bond donors (Lipinski definition) is 1.